The van der Waals surface area contributed by atoms with Crippen LogP contribution in [0.4, 0.5) is 0 Å². The number of nitrogens with zero attached hydrogens (tertiary/aromatic N) is 1. The Morgan fingerprint density at radius 2 is 1.75 bits per heavy atom. The van der Waals surface area contributed by atoms with E-state index in [1.165, 1.54) is 24.0 Å². The largest absolute Gasteiger partial charge is 0.481 e. The number of piperidine rings is 1. The van der Waals surface area contributed by atoms with Gasteiger partial charge < -0.3 is 5.11 Å². The van der Waals surface area contributed by atoms with Gasteiger partial charge in [-0.25, -0.2) is 0 Å². The average molecular weight is 273 g/mol. The van der Waals surface area contributed by atoms with Crippen molar-refractivity contribution >= 4 is 5.97 Å². The molecule has 1 heterocycles. The molecule has 0 amide bonds. The van der Waals surface area contributed by atoms with Crippen LogP contribution >= 0.6 is 0 Å². The van der Waals surface area contributed by atoms with Gasteiger partial charge in [-0.1, -0.05) is 24.3 Å². The number of hydrogen-bond donors (Lipinski definition) is 1. The number of benzene rings is 1. The summed E-state index contributed by atoms with van der Waals surface area (Å²) in [6, 6.07) is 9.09. The van der Waals surface area contributed by atoms with Crippen molar-refractivity contribution in [2.45, 2.75) is 44.6 Å². The van der Waals surface area contributed by atoms with Crippen molar-refractivity contribution in [1.29, 1.82) is 0 Å². The van der Waals surface area contributed by atoms with E-state index in [1.807, 2.05) is 0 Å². The fourth-order valence-electron chi connectivity index (χ4n) is 3.17. The highest BCUT2D eigenvalue weighted by molar-refractivity contribution is 5.67. The van der Waals surface area contributed by atoms with Gasteiger partial charge in [0.15, 0.2) is 0 Å². The number of aliphatic carboxylic acids is 1. The van der Waals surface area contributed by atoms with Crippen LogP contribution in [0.3, 0.4) is 0 Å². The van der Waals surface area contributed by atoms with Crippen molar-refractivity contribution in [3.63, 3.8) is 0 Å². The van der Waals surface area contributed by atoms with Gasteiger partial charge in [0, 0.05) is 13.0 Å². The second-order valence-electron chi connectivity index (χ2n) is 6.33. The van der Waals surface area contributed by atoms with E-state index in [1.54, 1.807) is 0 Å². The summed E-state index contributed by atoms with van der Waals surface area (Å²) in [4.78, 5) is 13.2. The SMILES string of the molecule is O=C(O)CC1CCN(Cc2ccc(C3CC3)cc2)CC1. The molecule has 0 atom stereocenters. The van der Waals surface area contributed by atoms with Crippen LogP contribution < -0.4 is 0 Å². The molecular weight excluding hydrogens is 250 g/mol. The van der Waals surface area contributed by atoms with E-state index < -0.39 is 5.97 Å². The minimum absolute atomic E-state index is 0.337. The van der Waals surface area contributed by atoms with Crippen LogP contribution in [0, 0.1) is 5.92 Å². The maximum absolute atomic E-state index is 10.7. The van der Waals surface area contributed by atoms with E-state index in [0.717, 1.165) is 38.4 Å². The second kappa shape index (κ2) is 5.96. The Hall–Kier alpha value is -1.35. The van der Waals surface area contributed by atoms with Gasteiger partial charge in [-0.15, -0.1) is 0 Å². The van der Waals surface area contributed by atoms with Crippen LogP contribution in [0.1, 0.15) is 49.1 Å². The molecular formula is C17H23NO2. The molecule has 1 saturated heterocycles. The van der Waals surface area contributed by atoms with Gasteiger partial charge in [0.25, 0.3) is 0 Å². The first-order valence-corrected chi connectivity index (χ1v) is 7.73. The molecule has 20 heavy (non-hydrogen) atoms. The molecule has 2 fully saturated rings. The summed E-state index contributed by atoms with van der Waals surface area (Å²) in [7, 11) is 0. The lowest BCUT2D eigenvalue weighted by atomic mass is 9.93. The van der Waals surface area contributed by atoms with E-state index in [0.29, 0.717) is 12.3 Å². The van der Waals surface area contributed by atoms with Crippen molar-refractivity contribution in [2.75, 3.05) is 13.1 Å². The lowest BCUT2D eigenvalue weighted by Gasteiger charge is -2.31. The molecule has 1 aliphatic carbocycles. The van der Waals surface area contributed by atoms with Crippen LogP contribution in [0.15, 0.2) is 24.3 Å². The number of carboxylic acids is 1. The lowest BCUT2D eigenvalue weighted by molar-refractivity contribution is -0.138. The maximum atomic E-state index is 10.7. The highest BCUT2D eigenvalue weighted by Gasteiger charge is 2.23. The molecule has 1 aromatic carbocycles. The normalized spacial score (nSPS) is 21.0. The zero-order valence-corrected chi connectivity index (χ0v) is 11.9. The molecule has 0 aromatic heterocycles. The molecule has 3 rings (SSSR count). The number of likely N-dealkylation sites (tertiary alicyclic amines) is 1. The first-order valence-electron chi connectivity index (χ1n) is 7.73. The molecule has 0 unspecified atom stereocenters. The number of carbonyl (C=O) groups is 1. The van der Waals surface area contributed by atoms with E-state index in [9.17, 15) is 4.79 Å². The smallest absolute Gasteiger partial charge is 0.303 e. The molecule has 0 radical (unpaired) electrons. The molecule has 0 bridgehead atoms. The van der Waals surface area contributed by atoms with Crippen molar-refractivity contribution < 1.29 is 9.90 Å². The van der Waals surface area contributed by atoms with Crippen molar-refractivity contribution in [3.8, 4) is 0 Å². The standard InChI is InChI=1S/C17H23NO2/c19-17(20)11-13-7-9-18(10-8-13)12-14-1-3-15(4-2-14)16-5-6-16/h1-4,13,16H,5-12H2,(H,19,20). The number of rotatable bonds is 5. The number of hydrogen-bond acceptors (Lipinski definition) is 2. The van der Waals surface area contributed by atoms with Gasteiger partial charge in [0.05, 0.1) is 0 Å². The summed E-state index contributed by atoms with van der Waals surface area (Å²) < 4.78 is 0. The molecule has 3 heteroatoms. The Labute approximate surface area is 120 Å². The Morgan fingerprint density at radius 3 is 2.30 bits per heavy atom. The third-order valence-corrected chi connectivity index (χ3v) is 4.61. The summed E-state index contributed by atoms with van der Waals surface area (Å²) >= 11 is 0. The minimum atomic E-state index is -0.654. The maximum Gasteiger partial charge on any atom is 0.303 e. The van der Waals surface area contributed by atoms with Gasteiger partial charge in [-0.2, -0.15) is 0 Å². The Kier molecular flexibility index (Phi) is 4.06. The first-order chi connectivity index (χ1) is 9.70. The molecule has 1 aromatic rings. The first kappa shape index (κ1) is 13.6. The topological polar surface area (TPSA) is 40.5 Å². The second-order valence-corrected chi connectivity index (χ2v) is 6.33. The molecule has 1 saturated carbocycles. The van der Waals surface area contributed by atoms with Crippen LogP contribution in [0.2, 0.25) is 0 Å². The lowest BCUT2D eigenvalue weighted by Crippen LogP contribution is -2.33. The van der Waals surface area contributed by atoms with Gasteiger partial charge >= 0.3 is 5.97 Å². The zero-order chi connectivity index (χ0) is 13.9. The Morgan fingerprint density at radius 1 is 1.10 bits per heavy atom. The summed E-state index contributed by atoms with van der Waals surface area (Å²) in [6.45, 7) is 3.06. The van der Waals surface area contributed by atoms with Crippen LogP contribution in [-0.4, -0.2) is 29.1 Å². The quantitative estimate of drug-likeness (QED) is 0.895. The zero-order valence-electron chi connectivity index (χ0n) is 11.9. The summed E-state index contributed by atoms with van der Waals surface area (Å²) in [6.07, 6.45) is 5.09. The average Bonchev–Trinajstić information content (AvgIpc) is 3.26. The fraction of sp³-hybridized carbons (Fsp3) is 0.588. The molecule has 108 valence electrons. The van der Waals surface area contributed by atoms with Crippen molar-refractivity contribution in [1.82, 2.24) is 4.90 Å². The third kappa shape index (κ3) is 3.60. The van der Waals surface area contributed by atoms with Crippen molar-refractivity contribution in [3.05, 3.63) is 35.4 Å². The van der Waals surface area contributed by atoms with E-state index in [2.05, 4.69) is 29.2 Å². The van der Waals surface area contributed by atoms with E-state index in [4.69, 9.17) is 5.11 Å². The van der Waals surface area contributed by atoms with Gasteiger partial charge in [-0.05, 0) is 61.7 Å². The molecule has 3 nitrogen and oxygen atoms in total. The van der Waals surface area contributed by atoms with Gasteiger partial charge in [-0.3, -0.25) is 9.69 Å². The molecule has 2 aliphatic rings. The van der Waals surface area contributed by atoms with Gasteiger partial charge in [0.1, 0.15) is 0 Å². The minimum Gasteiger partial charge on any atom is -0.481 e. The number of carboxylic acid groups (broad SMARTS) is 1. The molecule has 0 spiro atoms. The summed E-state index contributed by atoms with van der Waals surface area (Å²) in [5.41, 5.74) is 2.88. The molecule has 1 N–H and O–H groups in total. The van der Waals surface area contributed by atoms with Crippen LogP contribution in [0.25, 0.3) is 0 Å². The van der Waals surface area contributed by atoms with E-state index in [-0.39, 0.29) is 0 Å². The highest BCUT2D eigenvalue weighted by atomic mass is 16.4. The Bertz CT molecular complexity index is 456. The summed E-state index contributed by atoms with van der Waals surface area (Å²) in [5, 5.41) is 8.83. The predicted molar refractivity (Wildman–Crippen MR) is 78.7 cm³/mol. The predicted octanol–water partition coefficient (Wildman–Crippen LogP) is 3.25. The van der Waals surface area contributed by atoms with Crippen molar-refractivity contribution in [2.24, 2.45) is 5.92 Å². The van der Waals surface area contributed by atoms with Gasteiger partial charge in [0.2, 0.25) is 0 Å². The van der Waals surface area contributed by atoms with E-state index >= 15 is 0 Å². The fourth-order valence-corrected chi connectivity index (χ4v) is 3.17. The highest BCUT2D eigenvalue weighted by Crippen LogP contribution is 2.39. The summed E-state index contributed by atoms with van der Waals surface area (Å²) in [5.74, 6) is 0.552. The third-order valence-electron chi connectivity index (χ3n) is 4.61. The van der Waals surface area contributed by atoms with Crippen LogP contribution in [0.5, 0.6) is 0 Å². The molecule has 1 aliphatic heterocycles. The van der Waals surface area contributed by atoms with Crippen LogP contribution in [-0.2, 0) is 11.3 Å². The Balaban J connectivity index is 1.47. The monoisotopic (exact) mass is 273 g/mol.